The maximum atomic E-state index is 13.1. The summed E-state index contributed by atoms with van der Waals surface area (Å²) in [5.74, 6) is -0.365. The lowest BCUT2D eigenvalue weighted by Gasteiger charge is -2.03. The number of benzene rings is 1. The zero-order valence-electron chi connectivity index (χ0n) is 13.1. The van der Waals surface area contributed by atoms with Gasteiger partial charge in [-0.05, 0) is 24.6 Å². The fourth-order valence-electron chi connectivity index (χ4n) is 2.19. The molecule has 0 saturated heterocycles. The van der Waals surface area contributed by atoms with Gasteiger partial charge in [-0.25, -0.2) is 22.4 Å². The zero-order chi connectivity index (χ0) is 18.4. The van der Waals surface area contributed by atoms with Gasteiger partial charge in [-0.3, -0.25) is 4.98 Å². The van der Waals surface area contributed by atoms with Gasteiger partial charge in [0.15, 0.2) is 5.65 Å². The molecule has 25 heavy (non-hydrogen) atoms. The molecule has 0 radical (unpaired) electrons. The van der Waals surface area contributed by atoms with Crippen LogP contribution >= 0.6 is 0 Å². The maximum Gasteiger partial charge on any atom is 0.352 e. The number of fused-ring (bicyclic) bond motifs is 1. The molecule has 0 unspecified atom stereocenters. The van der Waals surface area contributed by atoms with E-state index < -0.39 is 19.3 Å². The third-order valence-electron chi connectivity index (χ3n) is 3.10. The lowest BCUT2D eigenvalue weighted by Crippen LogP contribution is -2.20. The van der Waals surface area contributed by atoms with E-state index in [4.69, 9.17) is 4.74 Å². The highest BCUT2D eigenvalue weighted by molar-refractivity contribution is 5.79. The maximum absolute atomic E-state index is 13.1. The minimum atomic E-state index is -1.75. The molecule has 0 atom stereocenters. The molecule has 1 aromatic carbocycles. The first kappa shape index (κ1) is 18.4. The third kappa shape index (κ3) is 4.14. The smallest absolute Gasteiger partial charge is 0.352 e. The van der Waals surface area contributed by atoms with Gasteiger partial charge in [0.25, 0.3) is 6.01 Å². The number of halogens is 4. The SMILES string of the molecule is Cc1nn2c(=O)[nH]c(OCCF)nc2c1-c1ccc(F)cc1.FCF. The van der Waals surface area contributed by atoms with Crippen LogP contribution in [0.1, 0.15) is 5.69 Å². The highest BCUT2D eigenvalue weighted by Crippen LogP contribution is 2.26. The van der Waals surface area contributed by atoms with Crippen molar-refractivity contribution < 1.29 is 22.3 Å². The van der Waals surface area contributed by atoms with Crippen molar-refractivity contribution >= 4 is 5.65 Å². The minimum absolute atomic E-state index is 0.0848. The Bertz CT molecular complexity index is 893. The van der Waals surface area contributed by atoms with E-state index in [1.165, 1.54) is 12.1 Å². The molecule has 0 spiro atoms. The highest BCUT2D eigenvalue weighted by Gasteiger charge is 2.16. The van der Waals surface area contributed by atoms with Crippen LogP contribution in [-0.4, -0.2) is 39.8 Å². The number of hydrogen-bond donors (Lipinski definition) is 1. The van der Waals surface area contributed by atoms with Crippen LogP contribution in [0.5, 0.6) is 6.01 Å². The van der Waals surface area contributed by atoms with Crippen LogP contribution in [0.15, 0.2) is 29.1 Å². The number of alkyl halides is 3. The van der Waals surface area contributed by atoms with Crippen molar-refractivity contribution in [3.63, 3.8) is 0 Å². The number of aryl methyl sites for hydroxylation is 1. The van der Waals surface area contributed by atoms with Crippen LogP contribution in [0, 0.1) is 12.7 Å². The Morgan fingerprint density at radius 3 is 2.44 bits per heavy atom. The summed E-state index contributed by atoms with van der Waals surface area (Å²) in [6.07, 6.45) is 0. The summed E-state index contributed by atoms with van der Waals surface area (Å²) < 4.78 is 50.6. The molecule has 10 heteroatoms. The molecule has 0 fully saturated rings. The standard InChI is InChI=1S/C14H12F2N4O2.CH2F2/c1-8-11(9-2-4-10(16)5-3-9)12-17-13(22-7-6-15)18-14(21)20(12)19-8;2-1-3/h2-5H,6-7H2,1H3,(H,17,18,21);1H2. The van der Waals surface area contributed by atoms with E-state index in [2.05, 4.69) is 15.1 Å². The van der Waals surface area contributed by atoms with Crippen molar-refractivity contribution in [2.24, 2.45) is 0 Å². The van der Waals surface area contributed by atoms with Gasteiger partial charge in [0.05, 0.1) is 5.69 Å². The van der Waals surface area contributed by atoms with E-state index in [0.717, 1.165) is 4.52 Å². The number of H-pyrrole nitrogens is 1. The molecule has 0 aliphatic carbocycles. The van der Waals surface area contributed by atoms with Crippen LogP contribution < -0.4 is 10.4 Å². The van der Waals surface area contributed by atoms with Crippen molar-refractivity contribution in [1.82, 2.24) is 19.6 Å². The van der Waals surface area contributed by atoms with Crippen molar-refractivity contribution in [2.75, 3.05) is 20.2 Å². The Labute approximate surface area is 139 Å². The number of rotatable bonds is 4. The van der Waals surface area contributed by atoms with Crippen LogP contribution in [0.2, 0.25) is 0 Å². The summed E-state index contributed by atoms with van der Waals surface area (Å²) in [5, 5.41) is 4.12. The van der Waals surface area contributed by atoms with E-state index >= 15 is 0 Å². The molecular formula is C15H14F4N4O2. The molecule has 0 aliphatic rings. The topological polar surface area (TPSA) is 72.3 Å². The van der Waals surface area contributed by atoms with Crippen LogP contribution in [0.25, 0.3) is 16.8 Å². The van der Waals surface area contributed by atoms with Gasteiger partial charge in [-0.15, -0.1) is 0 Å². The number of aromatic nitrogens is 4. The normalized spacial score (nSPS) is 10.4. The summed E-state index contributed by atoms with van der Waals surface area (Å²) in [5.41, 5.74) is 1.55. The van der Waals surface area contributed by atoms with Gasteiger partial charge >= 0.3 is 5.69 Å². The van der Waals surface area contributed by atoms with E-state index in [9.17, 15) is 22.4 Å². The van der Waals surface area contributed by atoms with E-state index in [1.807, 2.05) is 0 Å². The summed E-state index contributed by atoms with van der Waals surface area (Å²) in [6, 6.07) is 5.69. The second-order valence-electron chi connectivity index (χ2n) is 4.69. The van der Waals surface area contributed by atoms with Gasteiger partial charge in [-0.1, -0.05) is 12.1 Å². The van der Waals surface area contributed by atoms with Gasteiger partial charge in [0.2, 0.25) is 6.93 Å². The molecule has 3 aromatic rings. The van der Waals surface area contributed by atoms with Gasteiger partial charge in [0.1, 0.15) is 19.1 Å². The average Bonchev–Trinajstić information content (AvgIpc) is 2.91. The molecule has 134 valence electrons. The van der Waals surface area contributed by atoms with Crippen molar-refractivity contribution in [2.45, 2.75) is 6.92 Å². The lowest BCUT2D eigenvalue weighted by atomic mass is 10.1. The molecule has 0 bridgehead atoms. The van der Waals surface area contributed by atoms with Crippen molar-refractivity contribution in [3.8, 4) is 17.1 Å². The number of ether oxygens (including phenoxy) is 1. The van der Waals surface area contributed by atoms with Crippen molar-refractivity contribution in [1.29, 1.82) is 0 Å². The monoisotopic (exact) mass is 358 g/mol. The summed E-state index contributed by atoms with van der Waals surface area (Å²) >= 11 is 0. The second kappa shape index (κ2) is 8.27. The molecule has 3 rings (SSSR count). The van der Waals surface area contributed by atoms with Gasteiger partial charge < -0.3 is 4.74 Å². The van der Waals surface area contributed by atoms with Crippen LogP contribution in [0.3, 0.4) is 0 Å². The molecule has 0 amide bonds. The average molecular weight is 358 g/mol. The number of nitrogens with zero attached hydrogens (tertiary/aromatic N) is 3. The van der Waals surface area contributed by atoms with Gasteiger partial charge in [-0.2, -0.15) is 14.6 Å². The fourth-order valence-corrected chi connectivity index (χ4v) is 2.19. The first-order chi connectivity index (χ1) is 12.0. The van der Waals surface area contributed by atoms with E-state index in [1.54, 1.807) is 19.1 Å². The van der Waals surface area contributed by atoms with E-state index in [-0.39, 0.29) is 24.1 Å². The predicted molar refractivity (Wildman–Crippen MR) is 82.3 cm³/mol. The Hall–Kier alpha value is -2.91. The first-order valence-electron chi connectivity index (χ1n) is 7.08. The minimum Gasteiger partial charge on any atom is -0.462 e. The molecule has 0 saturated carbocycles. The largest absolute Gasteiger partial charge is 0.462 e. The molecule has 1 N–H and O–H groups in total. The number of nitrogens with one attached hydrogen (secondary N) is 1. The first-order valence-corrected chi connectivity index (χ1v) is 7.08. The Kier molecular flexibility index (Phi) is 6.09. The molecule has 2 heterocycles. The van der Waals surface area contributed by atoms with Crippen LogP contribution in [0.4, 0.5) is 17.6 Å². The third-order valence-corrected chi connectivity index (χ3v) is 3.10. The summed E-state index contributed by atoms with van der Waals surface area (Å²) in [4.78, 5) is 18.5. The van der Waals surface area contributed by atoms with Crippen molar-refractivity contribution in [3.05, 3.63) is 46.3 Å². The second-order valence-corrected chi connectivity index (χ2v) is 4.69. The Morgan fingerprint density at radius 1 is 1.20 bits per heavy atom. The van der Waals surface area contributed by atoms with Gasteiger partial charge in [0, 0.05) is 5.56 Å². The fraction of sp³-hybridized carbons (Fsp3) is 0.267. The van der Waals surface area contributed by atoms with E-state index in [0.29, 0.717) is 16.8 Å². The number of hydrogen-bond acceptors (Lipinski definition) is 4. The zero-order valence-corrected chi connectivity index (χ0v) is 13.1. The highest BCUT2D eigenvalue weighted by atomic mass is 19.3. The Morgan fingerprint density at radius 2 is 1.84 bits per heavy atom. The Balaban J connectivity index is 0.000000701. The number of aromatic amines is 1. The molecule has 2 aromatic heterocycles. The summed E-state index contributed by atoms with van der Waals surface area (Å²) in [6.45, 7) is -0.939. The summed E-state index contributed by atoms with van der Waals surface area (Å²) in [7, 11) is 0. The predicted octanol–water partition coefficient (Wildman–Crippen LogP) is 2.76. The quantitative estimate of drug-likeness (QED) is 0.728. The van der Waals surface area contributed by atoms with Crippen LogP contribution in [-0.2, 0) is 0 Å². The lowest BCUT2D eigenvalue weighted by molar-refractivity contribution is 0.253. The molecule has 6 nitrogen and oxygen atoms in total. The molecule has 0 aliphatic heterocycles. The molecular weight excluding hydrogens is 344 g/mol.